The highest BCUT2D eigenvalue weighted by Gasteiger charge is 2.16. The van der Waals surface area contributed by atoms with E-state index in [4.69, 9.17) is 9.47 Å². The van der Waals surface area contributed by atoms with E-state index in [1.807, 2.05) is 19.1 Å². The van der Waals surface area contributed by atoms with Crippen molar-refractivity contribution in [3.05, 3.63) is 59.7 Å². The summed E-state index contributed by atoms with van der Waals surface area (Å²) in [5.74, 6) is -1.06. The number of carbonyl (C=O) groups excluding carboxylic acids is 3. The van der Waals surface area contributed by atoms with E-state index in [0.29, 0.717) is 11.4 Å². The lowest BCUT2D eigenvalue weighted by atomic mass is 10.1. The molecule has 0 unspecified atom stereocenters. The fraction of sp³-hybridized carbons (Fsp3) is 0.318. The van der Waals surface area contributed by atoms with Crippen molar-refractivity contribution < 1.29 is 23.9 Å². The van der Waals surface area contributed by atoms with Crippen LogP contribution in [-0.2, 0) is 20.7 Å². The maximum absolute atomic E-state index is 12.1. The highest BCUT2D eigenvalue weighted by atomic mass is 16.6. The summed E-state index contributed by atoms with van der Waals surface area (Å²) in [6, 6.07) is 13.5. The molecule has 0 heterocycles. The maximum atomic E-state index is 12.1. The van der Waals surface area contributed by atoms with Gasteiger partial charge in [-0.1, -0.05) is 19.1 Å². The first-order valence-corrected chi connectivity index (χ1v) is 9.32. The van der Waals surface area contributed by atoms with E-state index in [2.05, 4.69) is 10.6 Å². The van der Waals surface area contributed by atoms with Gasteiger partial charge in [0, 0.05) is 11.4 Å². The quantitative estimate of drug-likeness (QED) is 0.704. The summed E-state index contributed by atoms with van der Waals surface area (Å²) in [5, 5.41) is 5.24. The number of ether oxygens (including phenoxy) is 2. The van der Waals surface area contributed by atoms with E-state index in [9.17, 15) is 14.4 Å². The topological polar surface area (TPSA) is 93.7 Å². The third-order valence-corrected chi connectivity index (χ3v) is 3.75. The number of hydrogen-bond donors (Lipinski definition) is 2. The molecule has 2 N–H and O–H groups in total. The van der Waals surface area contributed by atoms with Gasteiger partial charge >= 0.3 is 12.1 Å². The van der Waals surface area contributed by atoms with Gasteiger partial charge in [-0.05, 0) is 69.2 Å². The third kappa shape index (κ3) is 7.65. The van der Waals surface area contributed by atoms with Gasteiger partial charge in [0.05, 0.1) is 5.56 Å². The van der Waals surface area contributed by atoms with Gasteiger partial charge in [0.1, 0.15) is 5.60 Å². The maximum Gasteiger partial charge on any atom is 0.412 e. The van der Waals surface area contributed by atoms with Gasteiger partial charge in [-0.15, -0.1) is 0 Å². The fourth-order valence-corrected chi connectivity index (χ4v) is 2.35. The molecule has 29 heavy (non-hydrogen) atoms. The van der Waals surface area contributed by atoms with Gasteiger partial charge < -0.3 is 14.8 Å². The lowest BCUT2D eigenvalue weighted by Gasteiger charge is -2.19. The molecule has 0 fully saturated rings. The number of amides is 2. The molecule has 0 aliphatic rings. The van der Waals surface area contributed by atoms with Crippen LogP contribution in [0.3, 0.4) is 0 Å². The van der Waals surface area contributed by atoms with Gasteiger partial charge in [-0.2, -0.15) is 0 Å². The first-order valence-electron chi connectivity index (χ1n) is 9.32. The molecule has 0 saturated carbocycles. The van der Waals surface area contributed by atoms with Crippen LogP contribution < -0.4 is 10.6 Å². The Bertz CT molecular complexity index is 852. The zero-order valence-electron chi connectivity index (χ0n) is 17.1. The second kappa shape index (κ2) is 9.73. The Labute approximate surface area is 170 Å². The highest BCUT2D eigenvalue weighted by Crippen LogP contribution is 2.14. The molecular formula is C22H26N2O5. The summed E-state index contributed by atoms with van der Waals surface area (Å²) < 4.78 is 10.2. The summed E-state index contributed by atoms with van der Waals surface area (Å²) in [4.78, 5) is 35.8. The molecule has 7 nitrogen and oxygen atoms in total. The SMILES string of the molecule is CCc1ccc(NC(=O)COC(=O)c2ccc(NC(=O)OC(C)(C)C)cc2)cc1. The van der Waals surface area contributed by atoms with Gasteiger partial charge in [0.15, 0.2) is 6.61 Å². The minimum absolute atomic E-state index is 0.264. The van der Waals surface area contributed by atoms with Gasteiger partial charge in [0.25, 0.3) is 5.91 Å². The molecule has 2 amide bonds. The van der Waals surface area contributed by atoms with Crippen molar-refractivity contribution in [2.45, 2.75) is 39.7 Å². The number of esters is 1. The molecule has 0 aliphatic heterocycles. The molecule has 2 rings (SSSR count). The second-order valence-corrected chi connectivity index (χ2v) is 7.38. The predicted octanol–water partition coefficient (Wildman–Crippen LogP) is 4.39. The average Bonchev–Trinajstić information content (AvgIpc) is 2.66. The Balaban J connectivity index is 1.82. The Kier molecular flexibility index (Phi) is 7.36. The predicted molar refractivity (Wildman–Crippen MR) is 111 cm³/mol. The van der Waals surface area contributed by atoms with Crippen molar-refractivity contribution >= 4 is 29.3 Å². The fourth-order valence-electron chi connectivity index (χ4n) is 2.35. The molecule has 0 aromatic heterocycles. The molecule has 0 atom stereocenters. The number of hydrogen-bond acceptors (Lipinski definition) is 5. The lowest BCUT2D eigenvalue weighted by molar-refractivity contribution is -0.119. The van der Waals surface area contributed by atoms with Crippen LogP contribution in [0, 0.1) is 0 Å². The van der Waals surface area contributed by atoms with Crippen LogP contribution in [0.25, 0.3) is 0 Å². The summed E-state index contributed by atoms with van der Waals surface area (Å²) in [7, 11) is 0. The Morgan fingerprint density at radius 2 is 1.41 bits per heavy atom. The van der Waals surface area contributed by atoms with Crippen LogP contribution in [0.4, 0.5) is 16.2 Å². The average molecular weight is 398 g/mol. The number of rotatable bonds is 6. The molecule has 0 bridgehead atoms. The second-order valence-electron chi connectivity index (χ2n) is 7.38. The van der Waals surface area contributed by atoms with E-state index < -0.39 is 30.2 Å². The molecule has 0 radical (unpaired) electrons. The van der Waals surface area contributed by atoms with E-state index in [1.165, 1.54) is 17.7 Å². The molecule has 2 aromatic rings. The van der Waals surface area contributed by atoms with Crippen LogP contribution >= 0.6 is 0 Å². The Morgan fingerprint density at radius 1 is 0.862 bits per heavy atom. The van der Waals surface area contributed by atoms with Crippen LogP contribution in [0.15, 0.2) is 48.5 Å². The summed E-state index contributed by atoms with van der Waals surface area (Å²) in [6.07, 6.45) is 0.328. The van der Waals surface area contributed by atoms with Crippen molar-refractivity contribution in [1.82, 2.24) is 0 Å². The Morgan fingerprint density at radius 3 is 1.97 bits per heavy atom. The first kappa shape index (κ1) is 21.9. The number of aryl methyl sites for hydroxylation is 1. The van der Waals surface area contributed by atoms with Gasteiger partial charge in [0.2, 0.25) is 0 Å². The smallest absolute Gasteiger partial charge is 0.412 e. The third-order valence-electron chi connectivity index (χ3n) is 3.75. The van der Waals surface area contributed by atoms with Crippen LogP contribution in [0.5, 0.6) is 0 Å². The number of anilines is 2. The van der Waals surface area contributed by atoms with Crippen LogP contribution in [0.2, 0.25) is 0 Å². The monoisotopic (exact) mass is 398 g/mol. The van der Waals surface area contributed by atoms with E-state index in [0.717, 1.165) is 6.42 Å². The molecule has 0 spiro atoms. The van der Waals surface area contributed by atoms with Gasteiger partial charge in [-0.3, -0.25) is 10.1 Å². The number of nitrogens with one attached hydrogen (secondary N) is 2. The molecule has 0 aliphatic carbocycles. The molecular weight excluding hydrogens is 372 g/mol. The molecule has 7 heteroatoms. The minimum atomic E-state index is -0.634. The van der Waals surface area contributed by atoms with E-state index in [-0.39, 0.29) is 5.56 Å². The van der Waals surface area contributed by atoms with Crippen molar-refractivity contribution in [2.24, 2.45) is 0 Å². The summed E-state index contributed by atoms with van der Waals surface area (Å²) in [6.45, 7) is 6.95. The van der Waals surface area contributed by atoms with Crippen LogP contribution in [-0.4, -0.2) is 30.2 Å². The van der Waals surface area contributed by atoms with E-state index in [1.54, 1.807) is 45.0 Å². The Hall–Kier alpha value is -3.35. The number of carbonyl (C=O) groups is 3. The summed E-state index contributed by atoms with van der Waals surface area (Å²) in [5.41, 5.74) is 1.94. The summed E-state index contributed by atoms with van der Waals surface area (Å²) >= 11 is 0. The zero-order valence-corrected chi connectivity index (χ0v) is 17.1. The van der Waals surface area contributed by atoms with Crippen molar-refractivity contribution in [1.29, 1.82) is 0 Å². The molecule has 154 valence electrons. The molecule has 2 aromatic carbocycles. The van der Waals surface area contributed by atoms with Crippen molar-refractivity contribution in [3.8, 4) is 0 Å². The van der Waals surface area contributed by atoms with Crippen LogP contribution in [0.1, 0.15) is 43.6 Å². The van der Waals surface area contributed by atoms with E-state index >= 15 is 0 Å². The number of benzene rings is 2. The largest absolute Gasteiger partial charge is 0.452 e. The van der Waals surface area contributed by atoms with Gasteiger partial charge in [-0.25, -0.2) is 9.59 Å². The van der Waals surface area contributed by atoms with Crippen molar-refractivity contribution in [2.75, 3.05) is 17.2 Å². The standard InChI is InChI=1S/C22H26N2O5/c1-5-15-6-10-17(11-7-15)23-19(25)14-28-20(26)16-8-12-18(13-9-16)24-21(27)29-22(2,3)4/h6-13H,5,14H2,1-4H3,(H,23,25)(H,24,27). The normalized spacial score (nSPS) is 10.8. The minimum Gasteiger partial charge on any atom is -0.452 e. The first-order chi connectivity index (χ1) is 13.7. The lowest BCUT2D eigenvalue weighted by Crippen LogP contribution is -2.27. The highest BCUT2D eigenvalue weighted by molar-refractivity contribution is 5.96. The van der Waals surface area contributed by atoms with Crippen molar-refractivity contribution in [3.63, 3.8) is 0 Å². The molecule has 0 saturated heterocycles. The zero-order chi connectivity index (χ0) is 21.4.